The summed E-state index contributed by atoms with van der Waals surface area (Å²) in [5.41, 5.74) is 0. The van der Waals surface area contributed by atoms with Crippen molar-refractivity contribution in [3.63, 3.8) is 0 Å². The lowest BCUT2D eigenvalue weighted by Gasteiger charge is -2.37. The monoisotopic (exact) mass is 329 g/mol. The zero-order chi connectivity index (χ0) is 17.1. The number of likely N-dealkylation sites (tertiary alicyclic amines) is 1. The third kappa shape index (κ3) is 3.42. The fraction of sp³-hybridized carbons (Fsp3) is 0.500. The standard InChI is InChI=1S/C18H23N3O3/c1-4-14-7-8-15(23-14)9-10-17-19-20-18(24-17)16-6-5-11-21(12(16)2)13(3)22/h7-10,12,16H,4-6,11H2,1-3H3/b10-9+/t12-,16-/m0/s1. The number of hydrogen-bond acceptors (Lipinski definition) is 5. The molecule has 128 valence electrons. The number of aromatic nitrogens is 2. The van der Waals surface area contributed by atoms with Crippen LogP contribution in [0.1, 0.15) is 62.8 Å². The summed E-state index contributed by atoms with van der Waals surface area (Å²) >= 11 is 0. The van der Waals surface area contributed by atoms with Crippen LogP contribution >= 0.6 is 0 Å². The molecule has 0 aromatic carbocycles. The lowest BCUT2D eigenvalue weighted by molar-refractivity contribution is -0.132. The molecule has 0 unspecified atom stereocenters. The Morgan fingerprint density at radius 3 is 2.88 bits per heavy atom. The first-order chi connectivity index (χ1) is 11.6. The van der Waals surface area contributed by atoms with Gasteiger partial charge < -0.3 is 13.7 Å². The van der Waals surface area contributed by atoms with Crippen LogP contribution in [0, 0.1) is 0 Å². The number of carbonyl (C=O) groups is 1. The maximum atomic E-state index is 11.7. The van der Waals surface area contributed by atoms with Crippen molar-refractivity contribution in [3.05, 3.63) is 35.4 Å². The average Bonchev–Trinajstić information content (AvgIpc) is 3.22. The van der Waals surface area contributed by atoms with Gasteiger partial charge in [0.25, 0.3) is 0 Å². The van der Waals surface area contributed by atoms with Crippen LogP contribution in [0.25, 0.3) is 12.2 Å². The van der Waals surface area contributed by atoms with Crippen LogP contribution in [0.2, 0.25) is 0 Å². The zero-order valence-electron chi connectivity index (χ0n) is 14.4. The van der Waals surface area contributed by atoms with Crippen molar-refractivity contribution in [1.82, 2.24) is 15.1 Å². The molecule has 6 heteroatoms. The second kappa shape index (κ2) is 7.03. The molecule has 1 amide bonds. The molecule has 0 radical (unpaired) electrons. The van der Waals surface area contributed by atoms with Crippen molar-refractivity contribution in [1.29, 1.82) is 0 Å². The summed E-state index contributed by atoms with van der Waals surface area (Å²) in [6.45, 7) is 6.49. The summed E-state index contributed by atoms with van der Waals surface area (Å²) in [7, 11) is 0. The van der Waals surface area contributed by atoms with Crippen LogP contribution in [-0.2, 0) is 11.2 Å². The smallest absolute Gasteiger partial charge is 0.240 e. The highest BCUT2D eigenvalue weighted by molar-refractivity contribution is 5.73. The molecule has 0 saturated carbocycles. The SMILES string of the molecule is CCc1ccc(/C=C/c2nnc([C@H]3CCCN(C(C)=O)[C@H]3C)o2)o1. The van der Waals surface area contributed by atoms with Crippen molar-refractivity contribution in [3.8, 4) is 0 Å². The maximum absolute atomic E-state index is 11.7. The van der Waals surface area contributed by atoms with Gasteiger partial charge in [0.1, 0.15) is 11.5 Å². The zero-order valence-corrected chi connectivity index (χ0v) is 14.4. The van der Waals surface area contributed by atoms with E-state index >= 15 is 0 Å². The highest BCUT2D eigenvalue weighted by atomic mass is 16.4. The number of amides is 1. The molecule has 0 spiro atoms. The van der Waals surface area contributed by atoms with E-state index in [1.54, 1.807) is 13.0 Å². The summed E-state index contributed by atoms with van der Waals surface area (Å²) in [6, 6.07) is 3.95. The first kappa shape index (κ1) is 16.5. The Balaban J connectivity index is 1.71. The van der Waals surface area contributed by atoms with Crippen LogP contribution in [-0.4, -0.2) is 33.6 Å². The van der Waals surface area contributed by atoms with E-state index < -0.39 is 0 Å². The first-order valence-corrected chi connectivity index (χ1v) is 8.46. The molecule has 0 aliphatic carbocycles. The fourth-order valence-corrected chi connectivity index (χ4v) is 3.21. The molecule has 2 aromatic heterocycles. The van der Waals surface area contributed by atoms with E-state index in [9.17, 15) is 4.79 Å². The van der Waals surface area contributed by atoms with Gasteiger partial charge in [-0.25, -0.2) is 0 Å². The summed E-state index contributed by atoms with van der Waals surface area (Å²) in [5, 5.41) is 8.27. The van der Waals surface area contributed by atoms with E-state index in [4.69, 9.17) is 8.83 Å². The van der Waals surface area contributed by atoms with Gasteiger partial charge in [-0.1, -0.05) is 6.92 Å². The third-order valence-corrected chi connectivity index (χ3v) is 4.59. The number of piperidine rings is 1. The summed E-state index contributed by atoms with van der Waals surface area (Å²) < 4.78 is 11.4. The number of aryl methyl sites for hydroxylation is 1. The molecule has 3 heterocycles. The minimum atomic E-state index is 0.0747. The summed E-state index contributed by atoms with van der Waals surface area (Å²) in [6.07, 6.45) is 6.35. The van der Waals surface area contributed by atoms with E-state index in [0.717, 1.165) is 37.3 Å². The Morgan fingerprint density at radius 1 is 1.33 bits per heavy atom. The second-order valence-electron chi connectivity index (χ2n) is 6.17. The Morgan fingerprint density at radius 2 is 2.17 bits per heavy atom. The number of carbonyl (C=O) groups excluding carboxylic acids is 1. The number of hydrogen-bond donors (Lipinski definition) is 0. The van der Waals surface area contributed by atoms with Crippen LogP contribution in [0.3, 0.4) is 0 Å². The van der Waals surface area contributed by atoms with E-state index in [2.05, 4.69) is 10.2 Å². The second-order valence-corrected chi connectivity index (χ2v) is 6.17. The molecule has 1 aliphatic heterocycles. The fourth-order valence-electron chi connectivity index (χ4n) is 3.21. The summed E-state index contributed by atoms with van der Waals surface area (Å²) in [5.74, 6) is 2.94. The van der Waals surface area contributed by atoms with Crippen LogP contribution in [0.15, 0.2) is 21.0 Å². The van der Waals surface area contributed by atoms with Crippen LogP contribution in [0.4, 0.5) is 0 Å². The topological polar surface area (TPSA) is 72.4 Å². The molecule has 1 fully saturated rings. The maximum Gasteiger partial charge on any atom is 0.240 e. The number of nitrogens with zero attached hydrogens (tertiary/aromatic N) is 3. The molecule has 2 atom stereocenters. The predicted molar refractivity (Wildman–Crippen MR) is 90.1 cm³/mol. The minimum Gasteiger partial charge on any atom is -0.462 e. The molecular formula is C18H23N3O3. The Hall–Kier alpha value is -2.37. The Labute approximate surface area is 141 Å². The largest absolute Gasteiger partial charge is 0.462 e. The van der Waals surface area contributed by atoms with Gasteiger partial charge in [-0.2, -0.15) is 0 Å². The van der Waals surface area contributed by atoms with Crippen molar-refractivity contribution >= 4 is 18.1 Å². The molecule has 1 saturated heterocycles. The quantitative estimate of drug-likeness (QED) is 0.858. The highest BCUT2D eigenvalue weighted by Crippen LogP contribution is 2.32. The Kier molecular flexibility index (Phi) is 4.83. The van der Waals surface area contributed by atoms with E-state index in [-0.39, 0.29) is 17.9 Å². The van der Waals surface area contributed by atoms with Gasteiger partial charge in [-0.15, -0.1) is 10.2 Å². The van der Waals surface area contributed by atoms with E-state index in [0.29, 0.717) is 11.8 Å². The number of rotatable bonds is 4. The molecule has 3 rings (SSSR count). The lowest BCUT2D eigenvalue weighted by atomic mass is 9.90. The highest BCUT2D eigenvalue weighted by Gasteiger charge is 2.33. The molecule has 0 N–H and O–H groups in total. The molecule has 0 bridgehead atoms. The van der Waals surface area contributed by atoms with Crippen molar-refractivity contribution in [2.45, 2.75) is 52.0 Å². The predicted octanol–water partition coefficient (Wildman–Crippen LogP) is 3.51. The van der Waals surface area contributed by atoms with Gasteiger partial charge in [0.05, 0.1) is 5.92 Å². The van der Waals surface area contributed by atoms with Gasteiger partial charge in [-0.05, 0) is 38.0 Å². The van der Waals surface area contributed by atoms with Crippen LogP contribution < -0.4 is 0 Å². The molecule has 24 heavy (non-hydrogen) atoms. The van der Waals surface area contributed by atoms with Gasteiger partial charge >= 0.3 is 0 Å². The van der Waals surface area contributed by atoms with Gasteiger partial charge in [-0.3, -0.25) is 4.79 Å². The van der Waals surface area contributed by atoms with Crippen molar-refractivity contribution in [2.75, 3.05) is 6.54 Å². The third-order valence-electron chi connectivity index (χ3n) is 4.59. The van der Waals surface area contributed by atoms with E-state index in [1.807, 2.05) is 37.0 Å². The normalized spacial score (nSPS) is 21.5. The van der Waals surface area contributed by atoms with Crippen molar-refractivity contribution < 1.29 is 13.6 Å². The molecule has 6 nitrogen and oxygen atoms in total. The first-order valence-electron chi connectivity index (χ1n) is 8.46. The Bertz CT molecular complexity index is 731. The molecular weight excluding hydrogens is 306 g/mol. The van der Waals surface area contributed by atoms with Gasteiger partial charge in [0.2, 0.25) is 17.7 Å². The number of furan rings is 1. The van der Waals surface area contributed by atoms with Crippen LogP contribution in [0.5, 0.6) is 0 Å². The average molecular weight is 329 g/mol. The molecule has 2 aromatic rings. The van der Waals surface area contributed by atoms with Crippen molar-refractivity contribution in [2.24, 2.45) is 0 Å². The summed E-state index contributed by atoms with van der Waals surface area (Å²) in [4.78, 5) is 13.6. The lowest BCUT2D eigenvalue weighted by Crippen LogP contribution is -2.44. The molecule has 1 aliphatic rings. The minimum absolute atomic E-state index is 0.0747. The van der Waals surface area contributed by atoms with Gasteiger partial charge in [0, 0.05) is 32.0 Å². The van der Waals surface area contributed by atoms with E-state index in [1.165, 1.54) is 0 Å². The van der Waals surface area contributed by atoms with Gasteiger partial charge in [0.15, 0.2) is 0 Å².